The molecule has 2 aromatic carbocycles. The number of rotatable bonds is 8. The monoisotopic (exact) mass is 486 g/mol. The van der Waals surface area contributed by atoms with Crippen LogP contribution < -0.4 is 10.6 Å². The van der Waals surface area contributed by atoms with Crippen LogP contribution >= 0.6 is 0 Å². The molecule has 4 atom stereocenters. The van der Waals surface area contributed by atoms with Gasteiger partial charge in [0, 0.05) is 6.04 Å². The molecule has 7 nitrogen and oxygen atoms in total. The number of hydrogen-bond acceptors (Lipinski definition) is 4. The van der Waals surface area contributed by atoms with Gasteiger partial charge < -0.3 is 15.5 Å². The topological polar surface area (TPSA) is 90.9 Å². The maximum atomic E-state index is 13.7. The highest BCUT2D eigenvalue weighted by atomic mass is 16.2. The summed E-state index contributed by atoms with van der Waals surface area (Å²) in [6, 6.07) is 17.3. The van der Waals surface area contributed by atoms with E-state index in [9.17, 15) is 14.4 Å². The first-order chi connectivity index (χ1) is 17.5. The number of fused-ring (bicyclic) bond motifs is 1. The van der Waals surface area contributed by atoms with Crippen LogP contribution in [0.3, 0.4) is 0 Å². The second kappa shape index (κ2) is 11.8. The van der Waals surface area contributed by atoms with Crippen molar-refractivity contribution < 1.29 is 14.4 Å². The first-order valence-corrected chi connectivity index (χ1v) is 12.7. The van der Waals surface area contributed by atoms with E-state index in [2.05, 4.69) is 22.3 Å². The number of allylic oxidation sites excluding steroid dienone is 1. The van der Waals surface area contributed by atoms with Gasteiger partial charge in [-0.3, -0.25) is 19.4 Å². The number of aliphatic imine (C=N–C) groups is 1. The molecule has 1 fully saturated rings. The van der Waals surface area contributed by atoms with Crippen molar-refractivity contribution >= 4 is 24.4 Å². The van der Waals surface area contributed by atoms with E-state index < -0.39 is 18.1 Å². The Kier molecular flexibility index (Phi) is 8.31. The first kappa shape index (κ1) is 25.4. The van der Waals surface area contributed by atoms with Crippen molar-refractivity contribution in [3.63, 3.8) is 0 Å². The zero-order valence-electron chi connectivity index (χ0n) is 20.7. The quantitative estimate of drug-likeness (QED) is 0.442. The molecule has 188 valence electrons. The molecule has 3 amide bonds. The average molecular weight is 487 g/mol. The summed E-state index contributed by atoms with van der Waals surface area (Å²) < 4.78 is 0. The van der Waals surface area contributed by atoms with Gasteiger partial charge in [-0.1, -0.05) is 79.7 Å². The second-order valence-electron chi connectivity index (χ2n) is 9.35. The van der Waals surface area contributed by atoms with Crippen molar-refractivity contribution in [3.05, 3.63) is 83.9 Å². The lowest BCUT2D eigenvalue weighted by atomic mass is 9.98. The molecule has 2 N–H and O–H groups in total. The summed E-state index contributed by atoms with van der Waals surface area (Å²) in [5.74, 6) is -0.768. The fourth-order valence-electron chi connectivity index (χ4n) is 5.17. The Bertz CT molecular complexity index is 1060. The summed E-state index contributed by atoms with van der Waals surface area (Å²) in [5, 5.41) is 6.03. The average Bonchev–Trinajstić information content (AvgIpc) is 3.33. The molecule has 1 saturated heterocycles. The predicted molar refractivity (Wildman–Crippen MR) is 140 cm³/mol. The lowest BCUT2D eigenvalue weighted by Gasteiger charge is -2.34. The minimum Gasteiger partial charge on any atom is -0.343 e. The molecular weight excluding hydrogens is 452 g/mol. The smallest absolute Gasteiger partial charge is 0.250 e. The van der Waals surface area contributed by atoms with Crippen LogP contribution in [0.1, 0.15) is 56.2 Å². The summed E-state index contributed by atoms with van der Waals surface area (Å²) >= 11 is 0. The molecule has 0 aliphatic carbocycles. The molecule has 0 radical (unpaired) electrons. The molecule has 0 aromatic heterocycles. The molecule has 7 heteroatoms. The molecule has 2 aliphatic rings. The Hall–Kier alpha value is -3.74. The summed E-state index contributed by atoms with van der Waals surface area (Å²) in [6.07, 6.45) is 7.09. The molecule has 36 heavy (non-hydrogen) atoms. The van der Waals surface area contributed by atoms with Crippen LogP contribution in [0.4, 0.5) is 0 Å². The van der Waals surface area contributed by atoms with Gasteiger partial charge in [0.25, 0.3) is 0 Å². The Labute approximate surface area is 212 Å². The van der Waals surface area contributed by atoms with Crippen molar-refractivity contribution in [3.8, 4) is 0 Å². The first-order valence-electron chi connectivity index (χ1n) is 12.7. The zero-order chi connectivity index (χ0) is 25.5. The van der Waals surface area contributed by atoms with Crippen LogP contribution in [0.15, 0.2) is 77.8 Å². The van der Waals surface area contributed by atoms with Gasteiger partial charge in [-0.05, 0) is 49.9 Å². The van der Waals surface area contributed by atoms with Crippen LogP contribution in [0.25, 0.3) is 0 Å². The van der Waals surface area contributed by atoms with Crippen LogP contribution in [0.2, 0.25) is 0 Å². The minimum absolute atomic E-state index is 0.0380. The van der Waals surface area contributed by atoms with E-state index >= 15 is 0 Å². The van der Waals surface area contributed by atoms with E-state index in [0.29, 0.717) is 12.8 Å². The number of carbonyl (C=O) groups excluding carboxylic acids is 3. The third-order valence-corrected chi connectivity index (χ3v) is 7.08. The molecule has 0 spiro atoms. The zero-order valence-corrected chi connectivity index (χ0v) is 20.7. The number of nitrogens with zero attached hydrogens (tertiary/aromatic N) is 2. The summed E-state index contributed by atoms with van der Waals surface area (Å²) in [4.78, 5) is 45.6. The fraction of sp³-hybridized carbons (Fsp3) is 0.379. The number of amides is 3. The van der Waals surface area contributed by atoms with Crippen LogP contribution in [-0.4, -0.2) is 53.5 Å². The van der Waals surface area contributed by atoms with E-state index in [1.807, 2.05) is 73.7 Å². The molecule has 2 aliphatic heterocycles. The van der Waals surface area contributed by atoms with Crippen molar-refractivity contribution in [1.82, 2.24) is 15.5 Å². The van der Waals surface area contributed by atoms with Crippen molar-refractivity contribution in [2.24, 2.45) is 4.99 Å². The molecule has 2 heterocycles. The normalized spacial score (nSPS) is 22.3. The lowest BCUT2D eigenvalue weighted by Crippen LogP contribution is -2.56. The Balaban J connectivity index is 1.56. The van der Waals surface area contributed by atoms with E-state index in [1.54, 1.807) is 11.0 Å². The fourth-order valence-corrected chi connectivity index (χ4v) is 5.17. The third-order valence-electron chi connectivity index (χ3n) is 7.08. The highest BCUT2D eigenvalue weighted by molar-refractivity contribution is 5.95. The Morgan fingerprint density at radius 2 is 1.67 bits per heavy atom. The van der Waals surface area contributed by atoms with Crippen LogP contribution in [-0.2, 0) is 14.4 Å². The number of benzene rings is 2. The Morgan fingerprint density at radius 1 is 1.03 bits per heavy atom. The Morgan fingerprint density at radius 3 is 2.25 bits per heavy atom. The van der Waals surface area contributed by atoms with E-state index in [-0.39, 0.29) is 29.8 Å². The standard InChI is InChI=1S/C29H34N4O3/c1-3-23(30-2)27(34)31-24-17-11-10-16-22-18-19-25(33(22)29(24)36)28(35)32-26(20-12-6-4-7-13-20)21-14-8-5-9-15-21/h4-9,11-15,17,22-26H,2-3,10,16,18-19H2,1H3,(H,31,34)(H,32,35)/t22-,23-,24-,25-/m0/s1. The van der Waals surface area contributed by atoms with Gasteiger partial charge in [0.2, 0.25) is 17.7 Å². The van der Waals surface area contributed by atoms with E-state index in [4.69, 9.17) is 0 Å². The van der Waals surface area contributed by atoms with Gasteiger partial charge in [-0.2, -0.15) is 0 Å². The van der Waals surface area contributed by atoms with Gasteiger partial charge in [-0.25, -0.2) is 0 Å². The van der Waals surface area contributed by atoms with Gasteiger partial charge in [0.1, 0.15) is 18.1 Å². The SMILES string of the molecule is C=N[C@@H](CC)C(=O)N[C@H]1C=CCC[C@H]2CC[C@@H](C(=O)NC(c3ccccc3)c3ccccc3)N2C1=O. The van der Waals surface area contributed by atoms with E-state index in [1.165, 1.54) is 0 Å². The van der Waals surface area contributed by atoms with Gasteiger partial charge in [0.05, 0.1) is 6.04 Å². The molecule has 2 aromatic rings. The number of hydrogen-bond donors (Lipinski definition) is 2. The largest absolute Gasteiger partial charge is 0.343 e. The van der Waals surface area contributed by atoms with Crippen molar-refractivity contribution in [1.29, 1.82) is 0 Å². The highest BCUT2D eigenvalue weighted by Gasteiger charge is 2.43. The summed E-state index contributed by atoms with van der Waals surface area (Å²) in [7, 11) is 0. The predicted octanol–water partition coefficient (Wildman–Crippen LogP) is 3.57. The number of carbonyl (C=O) groups is 3. The molecule has 0 saturated carbocycles. The maximum Gasteiger partial charge on any atom is 0.250 e. The molecule has 0 unspecified atom stereocenters. The minimum atomic E-state index is -0.830. The summed E-state index contributed by atoms with van der Waals surface area (Å²) in [6.45, 7) is 5.34. The summed E-state index contributed by atoms with van der Waals surface area (Å²) in [5.41, 5.74) is 1.95. The molecular formula is C29H34N4O3. The van der Waals surface area contributed by atoms with Crippen LogP contribution in [0.5, 0.6) is 0 Å². The lowest BCUT2D eigenvalue weighted by molar-refractivity contribution is -0.142. The van der Waals surface area contributed by atoms with Gasteiger partial charge in [-0.15, -0.1) is 0 Å². The maximum absolute atomic E-state index is 13.7. The van der Waals surface area contributed by atoms with Crippen molar-refractivity contribution in [2.75, 3.05) is 0 Å². The van der Waals surface area contributed by atoms with E-state index in [0.717, 1.165) is 30.4 Å². The second-order valence-corrected chi connectivity index (χ2v) is 9.35. The number of nitrogens with one attached hydrogen (secondary N) is 2. The molecule has 4 rings (SSSR count). The third kappa shape index (κ3) is 5.56. The van der Waals surface area contributed by atoms with Crippen molar-refractivity contribution in [2.45, 2.75) is 69.2 Å². The highest BCUT2D eigenvalue weighted by Crippen LogP contribution is 2.31. The van der Waals surface area contributed by atoms with Crippen LogP contribution in [0, 0.1) is 0 Å². The van der Waals surface area contributed by atoms with Gasteiger partial charge >= 0.3 is 0 Å². The molecule has 0 bridgehead atoms. The van der Waals surface area contributed by atoms with Gasteiger partial charge in [0.15, 0.2) is 0 Å².